The van der Waals surface area contributed by atoms with Crippen molar-refractivity contribution in [1.82, 2.24) is 5.32 Å². The van der Waals surface area contributed by atoms with Crippen molar-refractivity contribution >= 4 is 17.5 Å². The van der Waals surface area contributed by atoms with E-state index in [0.29, 0.717) is 41.2 Å². The Bertz CT molecular complexity index is 1330. The second kappa shape index (κ2) is 9.92. The summed E-state index contributed by atoms with van der Waals surface area (Å²) in [5.41, 5.74) is 2.57. The number of benzene rings is 1. The van der Waals surface area contributed by atoms with E-state index in [4.69, 9.17) is 18.6 Å². The molecule has 0 saturated carbocycles. The highest BCUT2D eigenvalue weighted by atomic mass is 16.5. The normalized spacial score (nSPS) is 14.1. The van der Waals surface area contributed by atoms with Crippen LogP contribution in [0, 0.1) is 0 Å². The largest absolute Gasteiger partial charge is 0.493 e. The van der Waals surface area contributed by atoms with Gasteiger partial charge in [0, 0.05) is 12.5 Å². The van der Waals surface area contributed by atoms with Gasteiger partial charge in [-0.3, -0.25) is 14.4 Å². The predicted molar refractivity (Wildman–Crippen MR) is 129 cm³/mol. The minimum absolute atomic E-state index is 0.0713. The Morgan fingerprint density at radius 2 is 1.80 bits per heavy atom. The monoisotopic (exact) mass is 478 g/mol. The Balaban J connectivity index is 1.96. The molecule has 9 nitrogen and oxygen atoms in total. The van der Waals surface area contributed by atoms with Crippen molar-refractivity contribution in [1.29, 1.82) is 0 Å². The maximum Gasteiger partial charge on any atom is 0.291 e. The van der Waals surface area contributed by atoms with Crippen molar-refractivity contribution in [3.05, 3.63) is 69.8 Å². The summed E-state index contributed by atoms with van der Waals surface area (Å²) in [6, 6.07) is 9.25. The maximum absolute atomic E-state index is 13.2. The van der Waals surface area contributed by atoms with Gasteiger partial charge in [-0.05, 0) is 59.9 Å². The lowest BCUT2D eigenvalue weighted by Gasteiger charge is -2.19. The van der Waals surface area contributed by atoms with E-state index in [0.717, 1.165) is 11.1 Å². The maximum atomic E-state index is 13.2. The van der Waals surface area contributed by atoms with Crippen LogP contribution in [0.2, 0.25) is 0 Å². The van der Waals surface area contributed by atoms with Gasteiger partial charge in [-0.15, -0.1) is 0 Å². The molecular weight excluding hydrogens is 452 g/mol. The SMILES string of the molecule is COc1cc2c(c(OC)c1OC)-c1ccc(NC(=O)c3ccco3)c(=O)cc1C(NC(C)=O)CC2. The third kappa shape index (κ3) is 4.57. The van der Waals surface area contributed by atoms with E-state index in [9.17, 15) is 14.4 Å². The summed E-state index contributed by atoms with van der Waals surface area (Å²) in [6.07, 6.45) is 2.50. The van der Waals surface area contributed by atoms with Crippen molar-refractivity contribution in [3.63, 3.8) is 0 Å². The molecule has 1 atom stereocenters. The molecule has 1 aliphatic carbocycles. The van der Waals surface area contributed by atoms with Crippen molar-refractivity contribution < 1.29 is 28.2 Å². The van der Waals surface area contributed by atoms with Crippen LogP contribution < -0.4 is 30.3 Å². The highest BCUT2D eigenvalue weighted by Gasteiger charge is 2.29. The predicted octanol–water partition coefficient (Wildman–Crippen LogP) is 3.71. The molecule has 1 aliphatic rings. The number of furan rings is 1. The van der Waals surface area contributed by atoms with Gasteiger partial charge < -0.3 is 29.3 Å². The van der Waals surface area contributed by atoms with Crippen molar-refractivity contribution in [3.8, 4) is 28.4 Å². The van der Waals surface area contributed by atoms with Gasteiger partial charge in [0.15, 0.2) is 17.3 Å². The van der Waals surface area contributed by atoms with Crippen LogP contribution in [0.1, 0.15) is 41.1 Å². The first-order valence-electron chi connectivity index (χ1n) is 11.0. The highest BCUT2D eigenvalue weighted by molar-refractivity contribution is 6.02. The zero-order valence-corrected chi connectivity index (χ0v) is 19.9. The molecule has 1 unspecified atom stereocenters. The van der Waals surface area contributed by atoms with E-state index < -0.39 is 17.4 Å². The van der Waals surface area contributed by atoms with Gasteiger partial charge in [-0.2, -0.15) is 0 Å². The lowest BCUT2D eigenvalue weighted by atomic mass is 9.95. The molecule has 2 N–H and O–H groups in total. The molecule has 0 saturated heterocycles. The Kier molecular flexibility index (Phi) is 6.77. The fourth-order valence-corrected chi connectivity index (χ4v) is 4.40. The molecule has 9 heteroatoms. The number of amides is 2. The molecule has 0 radical (unpaired) electrons. The van der Waals surface area contributed by atoms with Crippen LogP contribution >= 0.6 is 0 Å². The topological polar surface area (TPSA) is 116 Å². The molecule has 1 heterocycles. The molecule has 35 heavy (non-hydrogen) atoms. The summed E-state index contributed by atoms with van der Waals surface area (Å²) in [7, 11) is 4.60. The van der Waals surface area contributed by atoms with Gasteiger partial charge in [-0.25, -0.2) is 0 Å². The van der Waals surface area contributed by atoms with Crippen LogP contribution in [0.5, 0.6) is 17.2 Å². The highest BCUT2D eigenvalue weighted by Crippen LogP contribution is 2.50. The summed E-state index contributed by atoms with van der Waals surface area (Å²) >= 11 is 0. The van der Waals surface area contributed by atoms with Crippen LogP contribution in [-0.4, -0.2) is 33.1 Å². The minimum atomic E-state index is -0.545. The van der Waals surface area contributed by atoms with Gasteiger partial charge in [0.25, 0.3) is 5.91 Å². The molecule has 0 bridgehead atoms. The Morgan fingerprint density at radius 1 is 1.03 bits per heavy atom. The zero-order valence-electron chi connectivity index (χ0n) is 19.9. The zero-order chi connectivity index (χ0) is 25.1. The Labute approximate surface area is 202 Å². The second-order valence-electron chi connectivity index (χ2n) is 8.03. The van der Waals surface area contributed by atoms with Crippen LogP contribution in [0.25, 0.3) is 11.1 Å². The number of hydrogen-bond acceptors (Lipinski definition) is 7. The number of hydrogen-bond donors (Lipinski definition) is 2. The van der Waals surface area contributed by atoms with Crippen molar-refractivity contribution in [2.75, 3.05) is 26.6 Å². The molecule has 0 aliphatic heterocycles. The van der Waals surface area contributed by atoms with Crippen LogP contribution in [0.3, 0.4) is 0 Å². The summed E-state index contributed by atoms with van der Waals surface area (Å²) in [5.74, 6) is 0.691. The number of nitrogens with one attached hydrogen (secondary N) is 2. The van der Waals surface area contributed by atoms with Crippen LogP contribution in [0.4, 0.5) is 5.69 Å². The average Bonchev–Trinajstić information content (AvgIpc) is 3.29. The lowest BCUT2D eigenvalue weighted by Crippen LogP contribution is -2.26. The first-order valence-corrected chi connectivity index (χ1v) is 11.0. The number of aryl methyl sites for hydroxylation is 1. The first kappa shape index (κ1) is 23.9. The van der Waals surface area contributed by atoms with Gasteiger partial charge in [0.05, 0.1) is 39.3 Å². The third-order valence-electron chi connectivity index (χ3n) is 5.91. The summed E-state index contributed by atoms with van der Waals surface area (Å²) < 4.78 is 22.0. The standard InChI is InChI=1S/C26H26N2O7/c1-14(29)27-18-9-7-15-12-22(32-2)24(33-3)25(34-4)23(15)16-8-10-19(20(30)13-17(16)18)28-26(31)21-6-5-11-35-21/h5-6,8,10-13,18H,7,9H2,1-4H3,(H,27,29)(H,28,30,31). The number of rotatable bonds is 6. The third-order valence-corrected chi connectivity index (χ3v) is 5.91. The molecule has 2 amide bonds. The van der Waals surface area contributed by atoms with Crippen molar-refractivity contribution in [2.24, 2.45) is 0 Å². The molecule has 3 aromatic rings. The van der Waals surface area contributed by atoms with Crippen LogP contribution in [-0.2, 0) is 11.2 Å². The lowest BCUT2D eigenvalue weighted by molar-refractivity contribution is -0.119. The number of ether oxygens (including phenoxy) is 3. The molecule has 2 aromatic carbocycles. The second-order valence-corrected chi connectivity index (χ2v) is 8.03. The van der Waals surface area contributed by atoms with Gasteiger partial charge in [-0.1, -0.05) is 6.07 Å². The quantitative estimate of drug-likeness (QED) is 0.555. The molecule has 1 aromatic heterocycles. The van der Waals surface area contributed by atoms with Gasteiger partial charge in [0.1, 0.15) is 0 Å². The number of methoxy groups -OCH3 is 3. The fourth-order valence-electron chi connectivity index (χ4n) is 4.40. The van der Waals surface area contributed by atoms with E-state index in [2.05, 4.69) is 10.6 Å². The Morgan fingerprint density at radius 3 is 2.43 bits per heavy atom. The number of fused-ring (bicyclic) bond motifs is 3. The number of anilines is 1. The molecule has 4 rings (SSSR count). The number of carbonyl (C=O) groups is 2. The van der Waals surface area contributed by atoms with E-state index in [1.165, 1.54) is 45.6 Å². The Hall–Kier alpha value is -4.27. The smallest absolute Gasteiger partial charge is 0.291 e. The molecule has 0 fully saturated rings. The number of carbonyl (C=O) groups excluding carboxylic acids is 2. The van der Waals surface area contributed by atoms with Gasteiger partial charge in [0.2, 0.25) is 17.1 Å². The van der Waals surface area contributed by atoms with E-state index in [-0.39, 0.29) is 17.4 Å². The summed E-state index contributed by atoms with van der Waals surface area (Å²) in [4.78, 5) is 37.7. The molecular formula is C26H26N2O7. The van der Waals surface area contributed by atoms with E-state index in [1.54, 1.807) is 19.2 Å². The van der Waals surface area contributed by atoms with Crippen molar-refractivity contribution in [2.45, 2.75) is 25.8 Å². The molecule has 0 spiro atoms. The van der Waals surface area contributed by atoms with E-state index >= 15 is 0 Å². The fraction of sp³-hybridized carbons (Fsp3) is 0.269. The first-order chi connectivity index (χ1) is 16.9. The van der Waals surface area contributed by atoms with Gasteiger partial charge >= 0.3 is 0 Å². The average molecular weight is 479 g/mol. The molecule has 182 valence electrons. The van der Waals surface area contributed by atoms with E-state index in [1.807, 2.05) is 6.07 Å². The summed E-state index contributed by atoms with van der Waals surface area (Å²) in [6.45, 7) is 1.43. The van der Waals surface area contributed by atoms with Crippen LogP contribution in [0.15, 0.2) is 51.9 Å². The minimum Gasteiger partial charge on any atom is -0.493 e. The summed E-state index contributed by atoms with van der Waals surface area (Å²) in [5, 5.41) is 5.56.